The topological polar surface area (TPSA) is 102 Å². The summed E-state index contributed by atoms with van der Waals surface area (Å²) in [6.45, 7) is 17.9. The van der Waals surface area contributed by atoms with E-state index in [-0.39, 0.29) is 63.2 Å². The minimum atomic E-state index is -0.901. The van der Waals surface area contributed by atoms with Crippen LogP contribution in [0.3, 0.4) is 0 Å². The number of hydrogen-bond acceptors (Lipinski definition) is 7. The predicted octanol–water partition coefficient (Wildman–Crippen LogP) is 6.30. The molecule has 6 aliphatic rings. The minimum absolute atomic E-state index is 0.0385. The molecule has 0 radical (unpaired) electrons. The standard InChI is InChI=1S/C37H56O7/c1-21-29(40)24(38)19-28(43-21)44-27-11-12-35(6)26(32(27,2)3)10-13-37(8)30(35)25(39)18-22-23-20-34(5,31(41)42-9)15-14-33(23,4)16-17-36(22,37)7/h18,20-21,24,26-30,38,40H,10-17,19H2,1-9H3/t21-,24-,26-,27-,28-,29-,30+,33+,34-,35-,36+,37+/m0/s1. The summed E-state index contributed by atoms with van der Waals surface area (Å²) < 4.78 is 17.8. The Bertz CT molecular complexity index is 1270. The minimum Gasteiger partial charge on any atom is -0.468 e. The van der Waals surface area contributed by atoms with Crippen molar-refractivity contribution >= 4 is 11.8 Å². The van der Waals surface area contributed by atoms with Crippen LogP contribution in [0, 0.1) is 44.3 Å². The van der Waals surface area contributed by atoms with Crippen LogP contribution in [0.5, 0.6) is 0 Å². The van der Waals surface area contributed by atoms with Crippen LogP contribution in [0.15, 0.2) is 23.3 Å². The number of esters is 1. The lowest BCUT2D eigenvalue weighted by Gasteiger charge is -2.69. The van der Waals surface area contributed by atoms with Gasteiger partial charge in [0.15, 0.2) is 12.1 Å². The van der Waals surface area contributed by atoms with E-state index < -0.39 is 30.0 Å². The summed E-state index contributed by atoms with van der Waals surface area (Å²) in [7, 11) is 1.47. The summed E-state index contributed by atoms with van der Waals surface area (Å²) in [5.41, 5.74) is 0.910. The smallest absolute Gasteiger partial charge is 0.315 e. The normalized spacial score (nSPS) is 51.5. The van der Waals surface area contributed by atoms with Gasteiger partial charge in [0.2, 0.25) is 0 Å². The van der Waals surface area contributed by atoms with Gasteiger partial charge in [-0.2, -0.15) is 0 Å². The molecule has 2 N–H and O–H groups in total. The van der Waals surface area contributed by atoms with Gasteiger partial charge in [-0.3, -0.25) is 9.59 Å². The fourth-order valence-electron chi connectivity index (χ4n) is 11.5. The number of methoxy groups -OCH3 is 1. The van der Waals surface area contributed by atoms with Crippen LogP contribution in [0.25, 0.3) is 0 Å². The second kappa shape index (κ2) is 10.2. The van der Waals surface area contributed by atoms with Crippen molar-refractivity contribution in [1.82, 2.24) is 0 Å². The molecule has 0 aromatic heterocycles. The molecule has 5 aliphatic carbocycles. The van der Waals surface area contributed by atoms with Crippen molar-refractivity contribution in [3.8, 4) is 0 Å². The van der Waals surface area contributed by atoms with Gasteiger partial charge >= 0.3 is 5.97 Å². The van der Waals surface area contributed by atoms with E-state index in [1.54, 1.807) is 6.92 Å². The maximum absolute atomic E-state index is 14.6. The molecular weight excluding hydrogens is 556 g/mol. The molecule has 0 amide bonds. The Morgan fingerprint density at radius 2 is 1.61 bits per heavy atom. The number of aliphatic hydroxyl groups excluding tert-OH is 2. The molecule has 0 aromatic carbocycles. The van der Waals surface area contributed by atoms with E-state index in [0.29, 0.717) is 0 Å². The van der Waals surface area contributed by atoms with Gasteiger partial charge in [0.25, 0.3) is 0 Å². The monoisotopic (exact) mass is 612 g/mol. The van der Waals surface area contributed by atoms with Crippen LogP contribution in [0.2, 0.25) is 0 Å². The highest BCUT2D eigenvalue weighted by Gasteiger charge is 2.69. The number of aliphatic hydroxyl groups is 2. The average molecular weight is 613 g/mol. The molecule has 1 heterocycles. The molecule has 0 unspecified atom stereocenters. The first-order valence-electron chi connectivity index (χ1n) is 17.1. The Kier molecular flexibility index (Phi) is 7.53. The van der Waals surface area contributed by atoms with Crippen molar-refractivity contribution in [1.29, 1.82) is 0 Å². The zero-order chi connectivity index (χ0) is 32.3. The number of carbonyl (C=O) groups excluding carboxylic acids is 2. The van der Waals surface area contributed by atoms with Gasteiger partial charge in [0.1, 0.15) is 6.10 Å². The van der Waals surface area contributed by atoms with Gasteiger partial charge in [0, 0.05) is 12.3 Å². The van der Waals surface area contributed by atoms with Gasteiger partial charge in [-0.15, -0.1) is 0 Å². The lowest BCUT2D eigenvalue weighted by molar-refractivity contribution is -0.289. The highest BCUT2D eigenvalue weighted by Crippen LogP contribution is 2.74. The van der Waals surface area contributed by atoms with Crippen LogP contribution in [-0.2, 0) is 23.8 Å². The second-order valence-electron chi connectivity index (χ2n) is 17.3. The molecule has 0 bridgehead atoms. The van der Waals surface area contributed by atoms with E-state index in [9.17, 15) is 19.8 Å². The molecule has 7 nitrogen and oxygen atoms in total. The predicted molar refractivity (Wildman–Crippen MR) is 167 cm³/mol. The highest BCUT2D eigenvalue weighted by molar-refractivity contribution is 5.96. The molecule has 44 heavy (non-hydrogen) atoms. The van der Waals surface area contributed by atoms with Crippen molar-refractivity contribution in [2.45, 2.75) is 144 Å². The lowest BCUT2D eigenvalue weighted by Crippen LogP contribution is -2.66. The third-order valence-electron chi connectivity index (χ3n) is 14.6. The zero-order valence-corrected chi connectivity index (χ0v) is 28.5. The summed E-state index contributed by atoms with van der Waals surface area (Å²) in [6.07, 6.45) is 9.05. The number of fused-ring (bicyclic) bond motifs is 7. The lowest BCUT2D eigenvalue weighted by atomic mass is 9.34. The highest BCUT2D eigenvalue weighted by atomic mass is 16.7. The van der Waals surface area contributed by atoms with E-state index in [1.165, 1.54) is 18.3 Å². The Labute approximate surface area is 264 Å². The van der Waals surface area contributed by atoms with Gasteiger partial charge in [-0.25, -0.2) is 0 Å². The molecule has 1 saturated heterocycles. The molecule has 7 heteroatoms. The Balaban J connectivity index is 1.34. The molecule has 0 aromatic rings. The fourth-order valence-corrected chi connectivity index (χ4v) is 11.5. The SMILES string of the molecule is COC(=O)[C@]1(C)C=C2C3=CC(=O)[C@@H]4[C@@]5(C)CC[C@H](O[C@H]6C[C@H](O)[C@@H](O)[C@H](C)O6)C(C)(C)[C@@H]5CC[C@@]4(C)[C@]3(C)CC[C@@]2(C)CC1. The molecule has 1 aliphatic heterocycles. The molecule has 12 atom stereocenters. The van der Waals surface area contributed by atoms with Crippen molar-refractivity contribution in [3.05, 3.63) is 23.3 Å². The molecule has 246 valence electrons. The Hall–Kier alpha value is -1.54. The Morgan fingerprint density at radius 1 is 0.932 bits per heavy atom. The zero-order valence-electron chi connectivity index (χ0n) is 28.5. The van der Waals surface area contributed by atoms with E-state index in [2.05, 4.69) is 47.6 Å². The number of ether oxygens (including phenoxy) is 3. The van der Waals surface area contributed by atoms with Gasteiger partial charge in [-0.05, 0) is 115 Å². The first kappa shape index (κ1) is 32.4. The summed E-state index contributed by atoms with van der Waals surface area (Å²) in [6, 6.07) is 0. The van der Waals surface area contributed by atoms with E-state index in [0.717, 1.165) is 51.4 Å². The fraction of sp³-hybridized carbons (Fsp3) is 0.838. The number of hydrogen-bond donors (Lipinski definition) is 2. The number of ketones is 1. The van der Waals surface area contributed by atoms with E-state index in [4.69, 9.17) is 14.2 Å². The largest absolute Gasteiger partial charge is 0.468 e. The first-order valence-corrected chi connectivity index (χ1v) is 17.1. The van der Waals surface area contributed by atoms with Crippen molar-refractivity contribution < 1.29 is 34.0 Å². The van der Waals surface area contributed by atoms with Crippen LogP contribution < -0.4 is 0 Å². The number of rotatable bonds is 3. The summed E-state index contributed by atoms with van der Waals surface area (Å²) in [5.74, 6) is 0.251. The van der Waals surface area contributed by atoms with Crippen LogP contribution >= 0.6 is 0 Å². The summed E-state index contributed by atoms with van der Waals surface area (Å²) >= 11 is 0. The Morgan fingerprint density at radius 3 is 2.27 bits per heavy atom. The third-order valence-corrected chi connectivity index (χ3v) is 14.6. The van der Waals surface area contributed by atoms with Crippen LogP contribution in [0.4, 0.5) is 0 Å². The van der Waals surface area contributed by atoms with Crippen molar-refractivity contribution in [2.24, 2.45) is 44.3 Å². The van der Waals surface area contributed by atoms with Crippen LogP contribution in [0.1, 0.15) is 113 Å². The van der Waals surface area contributed by atoms with Crippen LogP contribution in [-0.4, -0.2) is 59.8 Å². The molecule has 3 saturated carbocycles. The average Bonchev–Trinajstić information content (AvgIpc) is 2.94. The number of carbonyl (C=O) groups is 2. The molecular formula is C37H56O7. The van der Waals surface area contributed by atoms with Gasteiger partial charge in [-0.1, -0.05) is 47.6 Å². The quantitative estimate of drug-likeness (QED) is 0.285. The van der Waals surface area contributed by atoms with Gasteiger partial charge < -0.3 is 24.4 Å². The van der Waals surface area contributed by atoms with E-state index >= 15 is 0 Å². The molecule has 4 fully saturated rings. The third kappa shape index (κ3) is 4.34. The summed E-state index contributed by atoms with van der Waals surface area (Å²) in [4.78, 5) is 27.6. The van der Waals surface area contributed by atoms with Crippen molar-refractivity contribution in [2.75, 3.05) is 7.11 Å². The van der Waals surface area contributed by atoms with Gasteiger partial charge in [0.05, 0.1) is 30.8 Å². The van der Waals surface area contributed by atoms with E-state index in [1.807, 2.05) is 13.0 Å². The maximum atomic E-state index is 14.6. The summed E-state index contributed by atoms with van der Waals surface area (Å²) in [5, 5.41) is 20.6. The number of allylic oxidation sites excluding steroid dienone is 3. The first-order chi connectivity index (χ1) is 20.4. The molecule has 6 rings (SSSR count). The van der Waals surface area contributed by atoms with Crippen molar-refractivity contribution in [3.63, 3.8) is 0 Å². The second-order valence-corrected chi connectivity index (χ2v) is 17.3. The molecule has 0 spiro atoms. The maximum Gasteiger partial charge on any atom is 0.315 e.